The third kappa shape index (κ3) is 4.51. The molecule has 0 spiro atoms. The summed E-state index contributed by atoms with van der Waals surface area (Å²) in [6.45, 7) is 1.59. The van der Waals surface area contributed by atoms with Gasteiger partial charge in [0, 0.05) is 12.5 Å². The van der Waals surface area contributed by atoms with Crippen LogP contribution < -0.4 is 4.74 Å². The van der Waals surface area contributed by atoms with E-state index in [-0.39, 0.29) is 16.8 Å². The standard InChI is InChI=1S/C9H7BrF6N2O/c1-2-5-17-4(10)3-6(18-5)19-7(8(11,12)13)9(14,15)16/h3,7H,2H2,1H3. The van der Waals surface area contributed by atoms with Crippen molar-refractivity contribution in [2.75, 3.05) is 0 Å². The first-order valence-corrected chi connectivity index (χ1v) is 5.67. The zero-order chi connectivity index (χ0) is 14.8. The average Bonchev–Trinajstić information content (AvgIpc) is 2.22. The van der Waals surface area contributed by atoms with Crippen molar-refractivity contribution in [3.63, 3.8) is 0 Å². The minimum atomic E-state index is -5.58. The monoisotopic (exact) mass is 352 g/mol. The van der Waals surface area contributed by atoms with Crippen LogP contribution in [0.3, 0.4) is 0 Å². The van der Waals surface area contributed by atoms with Crippen LogP contribution in [0.1, 0.15) is 12.7 Å². The first-order valence-electron chi connectivity index (χ1n) is 4.87. The molecule has 0 amide bonds. The molecule has 0 aliphatic heterocycles. The summed E-state index contributed by atoms with van der Waals surface area (Å²) in [4.78, 5) is 7.20. The van der Waals surface area contributed by atoms with E-state index in [9.17, 15) is 26.3 Å². The van der Waals surface area contributed by atoms with Crippen LogP contribution in [0.2, 0.25) is 0 Å². The van der Waals surface area contributed by atoms with Gasteiger partial charge in [0.05, 0.1) is 0 Å². The van der Waals surface area contributed by atoms with Gasteiger partial charge < -0.3 is 4.74 Å². The van der Waals surface area contributed by atoms with Gasteiger partial charge >= 0.3 is 12.4 Å². The number of alkyl halides is 6. The Morgan fingerprint density at radius 1 is 1.16 bits per heavy atom. The highest BCUT2D eigenvalue weighted by atomic mass is 79.9. The molecule has 0 radical (unpaired) electrons. The molecule has 0 aliphatic carbocycles. The highest BCUT2D eigenvalue weighted by molar-refractivity contribution is 9.10. The minimum absolute atomic E-state index is 0.0393. The Hall–Kier alpha value is -1.06. The van der Waals surface area contributed by atoms with E-state index in [1.165, 1.54) is 0 Å². The lowest BCUT2D eigenvalue weighted by molar-refractivity contribution is -0.300. The largest absolute Gasteiger partial charge is 0.455 e. The fourth-order valence-electron chi connectivity index (χ4n) is 1.10. The lowest BCUT2D eigenvalue weighted by atomic mass is 10.3. The predicted octanol–water partition coefficient (Wildman–Crippen LogP) is 3.67. The number of aromatic nitrogens is 2. The molecule has 0 N–H and O–H groups in total. The molecule has 0 saturated carbocycles. The van der Waals surface area contributed by atoms with Crippen molar-refractivity contribution in [3.8, 4) is 5.88 Å². The van der Waals surface area contributed by atoms with Crippen molar-refractivity contribution in [1.82, 2.24) is 9.97 Å². The molecule has 10 heteroatoms. The van der Waals surface area contributed by atoms with Crippen LogP contribution in [0, 0.1) is 0 Å². The van der Waals surface area contributed by atoms with Gasteiger partial charge in [-0.1, -0.05) is 6.92 Å². The highest BCUT2D eigenvalue weighted by Crippen LogP contribution is 2.36. The first kappa shape index (κ1) is 16.0. The van der Waals surface area contributed by atoms with Crippen molar-refractivity contribution in [2.45, 2.75) is 31.8 Å². The van der Waals surface area contributed by atoms with Gasteiger partial charge in [-0.15, -0.1) is 0 Å². The smallest absolute Gasteiger partial charge is 0.434 e. The molecule has 0 aromatic carbocycles. The molecule has 0 saturated heterocycles. The molecule has 0 fully saturated rings. The molecule has 108 valence electrons. The maximum Gasteiger partial charge on any atom is 0.434 e. The molecule has 3 nitrogen and oxygen atoms in total. The molecule has 1 aromatic rings. The lowest BCUT2D eigenvalue weighted by Crippen LogP contribution is -2.46. The van der Waals surface area contributed by atoms with Gasteiger partial charge in [-0.2, -0.15) is 31.3 Å². The predicted molar refractivity (Wildman–Crippen MR) is 55.6 cm³/mol. The molecule has 0 bridgehead atoms. The summed E-state index contributed by atoms with van der Waals surface area (Å²) in [5.74, 6) is -0.731. The van der Waals surface area contributed by atoms with Crippen molar-refractivity contribution in [2.24, 2.45) is 0 Å². The fourth-order valence-corrected chi connectivity index (χ4v) is 1.50. The van der Waals surface area contributed by atoms with Gasteiger partial charge in [-0.25, -0.2) is 4.98 Å². The van der Waals surface area contributed by atoms with E-state index in [0.29, 0.717) is 0 Å². The normalized spacial score (nSPS) is 12.9. The minimum Gasteiger partial charge on any atom is -0.455 e. The van der Waals surface area contributed by atoms with Gasteiger partial charge in [-0.3, -0.25) is 0 Å². The first-order chi connectivity index (χ1) is 8.54. The zero-order valence-corrected chi connectivity index (χ0v) is 10.9. The SMILES string of the molecule is CCc1nc(Br)cc(OC(C(F)(F)F)C(F)(F)F)n1. The quantitative estimate of drug-likeness (QED) is 0.614. The number of hydrogen-bond acceptors (Lipinski definition) is 3. The van der Waals surface area contributed by atoms with Crippen molar-refractivity contribution < 1.29 is 31.1 Å². The van der Waals surface area contributed by atoms with Crippen LogP contribution in [0.25, 0.3) is 0 Å². The number of aryl methyl sites for hydroxylation is 1. The molecule has 1 aromatic heterocycles. The third-order valence-corrected chi connectivity index (χ3v) is 2.27. The summed E-state index contributed by atoms with van der Waals surface area (Å²) in [6.07, 6.45) is -14.9. The maximum atomic E-state index is 12.3. The molecule has 1 rings (SSSR count). The Balaban J connectivity index is 3.07. The van der Waals surface area contributed by atoms with Crippen molar-refractivity contribution in [3.05, 3.63) is 16.5 Å². The second-order valence-electron chi connectivity index (χ2n) is 3.38. The second kappa shape index (κ2) is 5.51. The number of hydrogen-bond donors (Lipinski definition) is 0. The van der Waals surface area contributed by atoms with Crippen LogP contribution in [-0.2, 0) is 6.42 Å². The average molecular weight is 353 g/mol. The Morgan fingerprint density at radius 2 is 1.68 bits per heavy atom. The van der Waals surface area contributed by atoms with Crippen LogP contribution in [0.4, 0.5) is 26.3 Å². The Labute approximate surface area is 112 Å². The van der Waals surface area contributed by atoms with E-state index < -0.39 is 24.3 Å². The molecular weight excluding hydrogens is 346 g/mol. The maximum absolute atomic E-state index is 12.3. The van der Waals surface area contributed by atoms with Crippen LogP contribution >= 0.6 is 15.9 Å². The second-order valence-corrected chi connectivity index (χ2v) is 4.19. The number of nitrogens with zero attached hydrogens (tertiary/aromatic N) is 2. The molecule has 0 unspecified atom stereocenters. The van der Waals surface area contributed by atoms with E-state index in [2.05, 4.69) is 30.6 Å². The molecular formula is C9H7BrF6N2O. The summed E-state index contributed by atoms with van der Waals surface area (Å²) < 4.78 is 77.7. The lowest BCUT2D eigenvalue weighted by Gasteiger charge is -2.23. The fraction of sp³-hybridized carbons (Fsp3) is 0.556. The summed E-state index contributed by atoms with van der Waals surface area (Å²) in [5, 5.41) is 0. The van der Waals surface area contributed by atoms with Crippen molar-refractivity contribution >= 4 is 15.9 Å². The van der Waals surface area contributed by atoms with Crippen LogP contribution in [-0.4, -0.2) is 28.4 Å². The molecule has 1 heterocycles. The zero-order valence-electron chi connectivity index (χ0n) is 9.31. The van der Waals surface area contributed by atoms with Gasteiger partial charge in [-0.05, 0) is 15.9 Å². The van der Waals surface area contributed by atoms with Crippen molar-refractivity contribution in [1.29, 1.82) is 0 Å². The van der Waals surface area contributed by atoms with E-state index in [4.69, 9.17) is 0 Å². The summed E-state index contributed by atoms with van der Waals surface area (Å²) in [5.41, 5.74) is 0. The van der Waals surface area contributed by atoms with Gasteiger partial charge in [0.15, 0.2) is 0 Å². The van der Waals surface area contributed by atoms with Crippen LogP contribution in [0.15, 0.2) is 10.7 Å². The molecule has 0 atom stereocenters. The van der Waals surface area contributed by atoms with Gasteiger partial charge in [0.25, 0.3) is 6.10 Å². The Bertz CT molecular complexity index is 433. The van der Waals surface area contributed by atoms with E-state index >= 15 is 0 Å². The van der Waals surface area contributed by atoms with E-state index in [0.717, 1.165) is 6.07 Å². The summed E-state index contributed by atoms with van der Waals surface area (Å²) in [6, 6.07) is 0.837. The molecule has 19 heavy (non-hydrogen) atoms. The van der Waals surface area contributed by atoms with Gasteiger partial charge in [0.1, 0.15) is 10.4 Å². The topological polar surface area (TPSA) is 35.0 Å². The molecule has 0 aliphatic rings. The number of rotatable bonds is 3. The number of ether oxygens (including phenoxy) is 1. The Kier molecular flexibility index (Phi) is 4.64. The summed E-state index contributed by atoms with van der Waals surface area (Å²) >= 11 is 2.85. The highest BCUT2D eigenvalue weighted by Gasteiger charge is 2.59. The Morgan fingerprint density at radius 3 is 2.11 bits per heavy atom. The number of halogens is 7. The van der Waals surface area contributed by atoms with Gasteiger partial charge in [0.2, 0.25) is 5.88 Å². The van der Waals surface area contributed by atoms with Crippen LogP contribution in [0.5, 0.6) is 5.88 Å². The third-order valence-electron chi connectivity index (χ3n) is 1.87. The van der Waals surface area contributed by atoms with E-state index in [1.54, 1.807) is 6.92 Å². The summed E-state index contributed by atoms with van der Waals surface area (Å²) in [7, 11) is 0. The van der Waals surface area contributed by atoms with E-state index in [1.807, 2.05) is 0 Å².